The number of halogens is 2. The van der Waals surface area contributed by atoms with E-state index in [1.54, 1.807) is 11.1 Å². The highest BCUT2D eigenvalue weighted by Gasteiger charge is 2.41. The molecular formula is C20H26Br2N2S. The van der Waals surface area contributed by atoms with Gasteiger partial charge in [-0.05, 0) is 99.7 Å². The van der Waals surface area contributed by atoms with Crippen LogP contribution in [0.2, 0.25) is 0 Å². The van der Waals surface area contributed by atoms with Crippen molar-refractivity contribution in [3.63, 3.8) is 0 Å². The summed E-state index contributed by atoms with van der Waals surface area (Å²) in [4.78, 5) is 6.46. The molecule has 0 spiro atoms. The number of benzene rings is 1. The van der Waals surface area contributed by atoms with Crippen molar-refractivity contribution in [1.82, 2.24) is 9.88 Å². The van der Waals surface area contributed by atoms with E-state index in [1.165, 1.54) is 63.6 Å². The van der Waals surface area contributed by atoms with Crippen LogP contribution in [0, 0.1) is 12.8 Å². The quantitative estimate of drug-likeness (QED) is 0.563. The van der Waals surface area contributed by atoms with Gasteiger partial charge in [0.1, 0.15) is 0 Å². The molecule has 1 aromatic heterocycles. The average Bonchev–Trinajstić information content (AvgIpc) is 2.91. The van der Waals surface area contributed by atoms with Gasteiger partial charge in [-0.1, -0.05) is 6.92 Å². The molecule has 2 aromatic rings. The van der Waals surface area contributed by atoms with Crippen molar-refractivity contribution in [2.75, 3.05) is 25.1 Å². The van der Waals surface area contributed by atoms with Crippen LogP contribution in [0.25, 0.3) is 10.9 Å². The minimum absolute atomic E-state index is 0.659. The zero-order chi connectivity index (χ0) is 17.7. The fourth-order valence-corrected chi connectivity index (χ4v) is 6.68. The Morgan fingerprint density at radius 2 is 2.16 bits per heavy atom. The number of aryl methyl sites for hydroxylation is 1. The first-order chi connectivity index (χ1) is 12.0. The summed E-state index contributed by atoms with van der Waals surface area (Å²) in [6.07, 6.45) is 6.02. The van der Waals surface area contributed by atoms with Crippen molar-refractivity contribution in [1.29, 1.82) is 0 Å². The zero-order valence-corrected chi connectivity index (χ0v) is 19.2. The zero-order valence-electron chi connectivity index (χ0n) is 15.2. The number of rotatable bonds is 4. The standard InChI is InChI=1S/C20H26Br2N2S/c1-4-5-24-9-12(10-25-3)6-14-15-7-16(21)19(22)20-18(15)13(8-17(14)24)11(2)23-20/h7,12,14,17,23H,4-6,8-10H2,1-3H3/t12?,14-,17-/m1/s1. The second-order valence-electron chi connectivity index (χ2n) is 7.67. The summed E-state index contributed by atoms with van der Waals surface area (Å²) in [6, 6.07) is 3.06. The van der Waals surface area contributed by atoms with E-state index < -0.39 is 0 Å². The monoisotopic (exact) mass is 484 g/mol. The minimum Gasteiger partial charge on any atom is -0.357 e. The minimum atomic E-state index is 0.659. The SMILES string of the molecule is CCCN1CC(CSC)C[C@@H]2c3cc(Br)c(Br)c4[nH]c(C)c(c34)C[C@H]21. The van der Waals surface area contributed by atoms with Crippen LogP contribution in [0.3, 0.4) is 0 Å². The number of hydrogen-bond acceptors (Lipinski definition) is 2. The highest BCUT2D eigenvalue weighted by molar-refractivity contribution is 9.13. The van der Waals surface area contributed by atoms with Crippen LogP contribution in [-0.4, -0.2) is 41.0 Å². The number of thioether (sulfide) groups is 1. The number of aromatic nitrogens is 1. The number of aromatic amines is 1. The molecular weight excluding hydrogens is 460 g/mol. The van der Waals surface area contributed by atoms with Crippen molar-refractivity contribution >= 4 is 54.5 Å². The Morgan fingerprint density at radius 3 is 2.88 bits per heavy atom. The molecule has 1 N–H and O–H groups in total. The largest absolute Gasteiger partial charge is 0.357 e. The van der Waals surface area contributed by atoms with Crippen molar-refractivity contribution in [2.45, 2.75) is 45.1 Å². The van der Waals surface area contributed by atoms with Crippen LogP contribution >= 0.6 is 43.6 Å². The first-order valence-corrected chi connectivity index (χ1v) is 12.2. The fourth-order valence-electron chi connectivity index (χ4n) is 5.11. The van der Waals surface area contributed by atoms with E-state index in [4.69, 9.17) is 0 Å². The van der Waals surface area contributed by atoms with Crippen molar-refractivity contribution in [3.05, 3.63) is 31.8 Å². The molecule has 3 atom stereocenters. The van der Waals surface area contributed by atoms with Gasteiger partial charge in [0.2, 0.25) is 0 Å². The van der Waals surface area contributed by atoms with E-state index in [1.807, 2.05) is 11.8 Å². The molecule has 5 heteroatoms. The molecule has 25 heavy (non-hydrogen) atoms. The van der Waals surface area contributed by atoms with E-state index in [0.29, 0.717) is 12.0 Å². The summed E-state index contributed by atoms with van der Waals surface area (Å²) in [5, 5.41) is 1.50. The molecule has 0 bridgehead atoms. The lowest BCUT2D eigenvalue weighted by Gasteiger charge is -2.47. The lowest BCUT2D eigenvalue weighted by Crippen LogP contribution is -2.50. The van der Waals surface area contributed by atoms with E-state index in [-0.39, 0.29) is 0 Å². The Hall–Kier alpha value is 0.0300. The van der Waals surface area contributed by atoms with Gasteiger partial charge in [0, 0.05) is 34.1 Å². The van der Waals surface area contributed by atoms with Crippen molar-refractivity contribution < 1.29 is 0 Å². The summed E-state index contributed by atoms with van der Waals surface area (Å²) < 4.78 is 2.35. The molecule has 0 amide bonds. The molecule has 1 unspecified atom stereocenters. The Bertz CT molecular complexity index is 801. The molecule has 1 aliphatic heterocycles. The maximum atomic E-state index is 3.79. The Morgan fingerprint density at radius 1 is 1.36 bits per heavy atom. The van der Waals surface area contributed by atoms with Crippen LogP contribution in [0.5, 0.6) is 0 Å². The van der Waals surface area contributed by atoms with Gasteiger partial charge in [-0.3, -0.25) is 4.90 Å². The highest BCUT2D eigenvalue weighted by atomic mass is 79.9. The molecule has 2 aliphatic rings. The van der Waals surface area contributed by atoms with E-state index in [0.717, 1.165) is 5.92 Å². The predicted octanol–water partition coefficient (Wildman–Crippen LogP) is 6.10. The van der Waals surface area contributed by atoms with Gasteiger partial charge < -0.3 is 4.98 Å². The molecule has 0 radical (unpaired) electrons. The van der Waals surface area contributed by atoms with Gasteiger partial charge in [-0.15, -0.1) is 0 Å². The Balaban J connectivity index is 1.85. The van der Waals surface area contributed by atoms with Crippen LogP contribution in [0.15, 0.2) is 15.0 Å². The van der Waals surface area contributed by atoms with E-state index in [9.17, 15) is 0 Å². The van der Waals surface area contributed by atoms with Crippen LogP contribution in [0.4, 0.5) is 0 Å². The van der Waals surface area contributed by atoms with Gasteiger partial charge in [-0.25, -0.2) is 0 Å². The number of nitrogens with one attached hydrogen (secondary N) is 1. The number of hydrogen-bond donors (Lipinski definition) is 1. The van der Waals surface area contributed by atoms with E-state index in [2.05, 4.69) is 67.9 Å². The number of H-pyrrole nitrogens is 1. The van der Waals surface area contributed by atoms with Crippen molar-refractivity contribution in [3.8, 4) is 0 Å². The average molecular weight is 486 g/mol. The molecule has 1 saturated heterocycles. The molecule has 4 rings (SSSR count). The first-order valence-electron chi connectivity index (χ1n) is 9.27. The molecule has 1 aliphatic carbocycles. The normalized spacial score (nSPS) is 26.2. The molecule has 1 fully saturated rings. The summed E-state index contributed by atoms with van der Waals surface area (Å²) >= 11 is 9.58. The lowest BCUT2D eigenvalue weighted by atomic mass is 9.72. The van der Waals surface area contributed by atoms with Gasteiger partial charge in [-0.2, -0.15) is 11.8 Å². The fraction of sp³-hybridized carbons (Fsp3) is 0.600. The number of piperidine rings is 1. The Kier molecular flexibility index (Phi) is 5.31. The van der Waals surface area contributed by atoms with Crippen molar-refractivity contribution in [2.24, 2.45) is 5.92 Å². The smallest absolute Gasteiger partial charge is 0.0617 e. The molecule has 2 heterocycles. The van der Waals surface area contributed by atoms with E-state index >= 15 is 0 Å². The second kappa shape index (κ2) is 7.21. The lowest BCUT2D eigenvalue weighted by molar-refractivity contribution is 0.0925. The van der Waals surface area contributed by atoms with Gasteiger partial charge in [0.25, 0.3) is 0 Å². The van der Waals surface area contributed by atoms with Crippen LogP contribution in [-0.2, 0) is 6.42 Å². The summed E-state index contributed by atoms with van der Waals surface area (Å²) in [6.45, 7) is 7.06. The third-order valence-corrected chi connectivity index (χ3v) is 8.84. The number of fused-ring (bicyclic) bond motifs is 2. The van der Waals surface area contributed by atoms with Crippen LogP contribution < -0.4 is 0 Å². The Labute approximate surface area is 171 Å². The molecule has 136 valence electrons. The number of likely N-dealkylation sites (tertiary alicyclic amines) is 1. The van der Waals surface area contributed by atoms with Gasteiger partial charge in [0.05, 0.1) is 9.99 Å². The number of nitrogens with zero attached hydrogens (tertiary/aromatic N) is 1. The van der Waals surface area contributed by atoms with Crippen LogP contribution in [0.1, 0.15) is 42.5 Å². The second-order valence-corrected chi connectivity index (χ2v) is 10.2. The summed E-state index contributed by atoms with van der Waals surface area (Å²) in [5.74, 6) is 2.75. The maximum Gasteiger partial charge on any atom is 0.0617 e. The molecule has 1 aromatic carbocycles. The summed E-state index contributed by atoms with van der Waals surface area (Å²) in [7, 11) is 0. The third-order valence-electron chi connectivity index (χ3n) is 6.06. The third kappa shape index (κ3) is 3.03. The van der Waals surface area contributed by atoms with Gasteiger partial charge >= 0.3 is 0 Å². The highest BCUT2D eigenvalue weighted by Crippen LogP contribution is 2.49. The van der Waals surface area contributed by atoms with Gasteiger partial charge in [0.15, 0.2) is 0 Å². The summed E-state index contributed by atoms with van der Waals surface area (Å²) in [5.41, 5.74) is 5.73. The predicted molar refractivity (Wildman–Crippen MR) is 117 cm³/mol. The topological polar surface area (TPSA) is 19.0 Å². The maximum absolute atomic E-state index is 3.79. The molecule has 2 nitrogen and oxygen atoms in total. The molecule has 0 saturated carbocycles. The first kappa shape index (κ1) is 18.4.